The van der Waals surface area contributed by atoms with Gasteiger partial charge >= 0.3 is 0 Å². The zero-order valence-corrected chi connectivity index (χ0v) is 19.5. The second-order valence-corrected chi connectivity index (χ2v) is 8.96. The minimum absolute atomic E-state index is 0.154. The van der Waals surface area contributed by atoms with Crippen LogP contribution in [0.2, 0.25) is 5.02 Å². The minimum atomic E-state index is -0.740. The van der Waals surface area contributed by atoms with Gasteiger partial charge in [0.15, 0.2) is 0 Å². The van der Waals surface area contributed by atoms with Gasteiger partial charge < -0.3 is 10.2 Å². The number of carbonyl (C=O) groups excluding carboxylic acids is 2. The number of nitrogens with one attached hydrogen (secondary N) is 1. The third kappa shape index (κ3) is 6.72. The van der Waals surface area contributed by atoms with Crippen molar-refractivity contribution in [2.75, 3.05) is 12.4 Å². The summed E-state index contributed by atoms with van der Waals surface area (Å²) >= 11 is 12.0. The molecule has 0 bridgehead atoms. The summed E-state index contributed by atoms with van der Waals surface area (Å²) in [6.07, 6.45) is 6.05. The van der Waals surface area contributed by atoms with Crippen molar-refractivity contribution in [2.24, 2.45) is 0 Å². The number of hydrogen-bond donors (Lipinski definition) is 1. The van der Waals surface area contributed by atoms with E-state index >= 15 is 0 Å². The maximum absolute atomic E-state index is 13.4. The van der Waals surface area contributed by atoms with Crippen LogP contribution in [0.15, 0.2) is 48.5 Å². The van der Waals surface area contributed by atoms with Gasteiger partial charge in [-0.1, -0.05) is 72.8 Å². The highest BCUT2D eigenvalue weighted by molar-refractivity contribution is 6.30. The van der Waals surface area contributed by atoms with E-state index < -0.39 is 6.04 Å². The fourth-order valence-electron chi connectivity index (χ4n) is 4.12. The highest BCUT2D eigenvalue weighted by Crippen LogP contribution is 2.26. The van der Waals surface area contributed by atoms with Crippen LogP contribution in [-0.4, -0.2) is 35.2 Å². The second-order valence-electron chi connectivity index (χ2n) is 8.25. The molecule has 0 aliphatic heterocycles. The van der Waals surface area contributed by atoms with Crippen molar-refractivity contribution in [2.45, 2.75) is 57.5 Å². The van der Waals surface area contributed by atoms with Gasteiger partial charge in [0.05, 0.1) is 0 Å². The van der Waals surface area contributed by atoms with Gasteiger partial charge in [0.25, 0.3) is 0 Å². The van der Waals surface area contributed by atoms with Gasteiger partial charge in [0, 0.05) is 17.6 Å². The smallest absolute Gasteiger partial charge is 0.247 e. The summed E-state index contributed by atoms with van der Waals surface area (Å²) in [5.74, 6) is -0.585. The maximum Gasteiger partial charge on any atom is 0.247 e. The van der Waals surface area contributed by atoms with E-state index in [-0.39, 0.29) is 23.7 Å². The van der Waals surface area contributed by atoms with Gasteiger partial charge in [-0.3, -0.25) is 9.59 Å². The molecule has 1 aliphatic rings. The molecule has 4 nitrogen and oxygen atoms in total. The zero-order valence-electron chi connectivity index (χ0n) is 17.9. The quantitative estimate of drug-likeness (QED) is 0.532. The molecule has 0 radical (unpaired) electrons. The summed E-state index contributed by atoms with van der Waals surface area (Å²) in [7, 11) is 0. The van der Waals surface area contributed by atoms with Crippen LogP contribution in [-0.2, 0) is 16.0 Å². The standard InChI is InChI=1S/C25H30Cl2N2O2/c1-18-7-9-19(10-8-18)15-16-29(23(30)17-26)24(20-11-13-21(27)14-12-20)25(31)28-22-5-3-2-4-6-22/h7-14,22,24H,2-6,15-17H2,1H3,(H,28,31)/t24-/m1/s1. The number of rotatable bonds is 8. The molecule has 0 unspecified atom stereocenters. The van der Waals surface area contributed by atoms with E-state index in [1.54, 1.807) is 17.0 Å². The Morgan fingerprint density at radius 3 is 2.29 bits per heavy atom. The number of carbonyl (C=O) groups is 2. The van der Waals surface area contributed by atoms with Gasteiger partial charge in [-0.2, -0.15) is 0 Å². The fraction of sp³-hybridized carbons (Fsp3) is 0.440. The molecule has 2 amide bonds. The number of nitrogens with zero attached hydrogens (tertiary/aromatic N) is 1. The molecule has 1 atom stereocenters. The number of aryl methyl sites for hydroxylation is 1. The van der Waals surface area contributed by atoms with E-state index in [0.29, 0.717) is 18.0 Å². The lowest BCUT2D eigenvalue weighted by Crippen LogP contribution is -2.48. The maximum atomic E-state index is 13.4. The number of benzene rings is 2. The number of amides is 2. The Bertz CT molecular complexity index is 862. The Kier molecular flexibility index (Phi) is 8.79. The van der Waals surface area contributed by atoms with Crippen molar-refractivity contribution >= 4 is 35.0 Å². The van der Waals surface area contributed by atoms with Crippen LogP contribution in [0.3, 0.4) is 0 Å². The van der Waals surface area contributed by atoms with E-state index in [4.69, 9.17) is 23.2 Å². The SMILES string of the molecule is Cc1ccc(CCN(C(=O)CCl)[C@@H](C(=O)NC2CCCCC2)c2ccc(Cl)cc2)cc1. The van der Waals surface area contributed by atoms with Crippen LogP contribution in [0.4, 0.5) is 0 Å². The molecule has 2 aromatic rings. The summed E-state index contributed by atoms with van der Waals surface area (Å²) in [4.78, 5) is 27.9. The third-order valence-corrected chi connectivity index (χ3v) is 6.37. The Balaban J connectivity index is 1.85. The predicted molar refractivity (Wildman–Crippen MR) is 127 cm³/mol. The molecule has 0 saturated heterocycles. The van der Waals surface area contributed by atoms with Gasteiger partial charge in [0.1, 0.15) is 11.9 Å². The van der Waals surface area contributed by atoms with Crippen molar-refractivity contribution in [1.29, 1.82) is 0 Å². The summed E-state index contributed by atoms with van der Waals surface area (Å²) in [6, 6.07) is 14.8. The predicted octanol–water partition coefficient (Wildman–Crippen LogP) is 5.45. The molecule has 2 aromatic carbocycles. The molecular weight excluding hydrogens is 431 g/mol. The lowest BCUT2D eigenvalue weighted by molar-refractivity contribution is -0.139. The van der Waals surface area contributed by atoms with Crippen LogP contribution < -0.4 is 5.32 Å². The van der Waals surface area contributed by atoms with Gasteiger partial charge in [0.2, 0.25) is 11.8 Å². The molecule has 1 aliphatic carbocycles. The van der Waals surface area contributed by atoms with Crippen LogP contribution in [0.5, 0.6) is 0 Å². The van der Waals surface area contributed by atoms with E-state index in [0.717, 1.165) is 36.8 Å². The first-order valence-corrected chi connectivity index (χ1v) is 11.9. The van der Waals surface area contributed by atoms with E-state index in [2.05, 4.69) is 29.6 Å². The van der Waals surface area contributed by atoms with E-state index in [1.165, 1.54) is 12.0 Å². The van der Waals surface area contributed by atoms with Crippen LogP contribution in [0.1, 0.15) is 54.8 Å². The number of hydrogen-bond acceptors (Lipinski definition) is 2. The summed E-state index contributed by atoms with van der Waals surface area (Å²) in [6.45, 7) is 2.44. The molecule has 166 valence electrons. The number of alkyl halides is 1. The Labute approximate surface area is 194 Å². The summed E-state index contributed by atoms with van der Waals surface area (Å²) in [5.41, 5.74) is 3.03. The normalized spacial score (nSPS) is 15.3. The van der Waals surface area contributed by atoms with Crippen molar-refractivity contribution in [1.82, 2.24) is 10.2 Å². The molecule has 1 N–H and O–H groups in total. The summed E-state index contributed by atoms with van der Waals surface area (Å²) in [5, 5.41) is 3.78. The van der Waals surface area contributed by atoms with Crippen LogP contribution >= 0.6 is 23.2 Å². The molecule has 3 rings (SSSR count). The molecular formula is C25H30Cl2N2O2. The van der Waals surface area contributed by atoms with Crippen molar-refractivity contribution in [3.8, 4) is 0 Å². The lowest BCUT2D eigenvalue weighted by atomic mass is 9.94. The first-order valence-electron chi connectivity index (χ1n) is 10.9. The first-order chi connectivity index (χ1) is 15.0. The van der Waals surface area contributed by atoms with Crippen LogP contribution in [0.25, 0.3) is 0 Å². The largest absolute Gasteiger partial charge is 0.351 e. The lowest BCUT2D eigenvalue weighted by Gasteiger charge is -2.33. The molecule has 0 spiro atoms. The Morgan fingerprint density at radius 2 is 1.68 bits per heavy atom. The highest BCUT2D eigenvalue weighted by Gasteiger charge is 2.32. The number of halogens is 2. The van der Waals surface area contributed by atoms with Crippen molar-refractivity contribution in [3.63, 3.8) is 0 Å². The fourth-order valence-corrected chi connectivity index (χ4v) is 4.40. The molecule has 6 heteroatoms. The zero-order chi connectivity index (χ0) is 22.2. The summed E-state index contributed by atoms with van der Waals surface area (Å²) < 4.78 is 0. The molecule has 0 heterocycles. The topological polar surface area (TPSA) is 49.4 Å². The molecule has 0 aromatic heterocycles. The molecule has 1 saturated carbocycles. The van der Waals surface area contributed by atoms with Gasteiger partial charge in [-0.25, -0.2) is 0 Å². The third-order valence-electron chi connectivity index (χ3n) is 5.89. The van der Waals surface area contributed by atoms with Crippen molar-refractivity contribution in [3.05, 3.63) is 70.2 Å². The Hall–Kier alpha value is -2.04. The minimum Gasteiger partial charge on any atom is -0.351 e. The van der Waals surface area contributed by atoms with Crippen molar-refractivity contribution < 1.29 is 9.59 Å². The second kappa shape index (κ2) is 11.5. The first kappa shape index (κ1) is 23.6. The average molecular weight is 461 g/mol. The van der Waals surface area contributed by atoms with E-state index in [9.17, 15) is 9.59 Å². The monoisotopic (exact) mass is 460 g/mol. The Morgan fingerprint density at radius 1 is 1.03 bits per heavy atom. The average Bonchev–Trinajstić information content (AvgIpc) is 2.78. The molecule has 1 fully saturated rings. The van der Waals surface area contributed by atoms with Crippen LogP contribution in [0, 0.1) is 6.92 Å². The molecule has 31 heavy (non-hydrogen) atoms. The van der Waals surface area contributed by atoms with Gasteiger partial charge in [-0.15, -0.1) is 11.6 Å². The highest BCUT2D eigenvalue weighted by atomic mass is 35.5. The van der Waals surface area contributed by atoms with Gasteiger partial charge in [-0.05, 0) is 49.4 Å². The van der Waals surface area contributed by atoms with E-state index in [1.807, 2.05) is 19.1 Å².